The molecule has 0 amide bonds. The molecule has 3 unspecified atom stereocenters. The normalized spacial score (nSPS) is 15.2. The van der Waals surface area contributed by atoms with Gasteiger partial charge in [0.15, 0.2) is 0 Å². The number of hydrogen-bond acceptors (Lipinski definition) is 6. The van der Waals surface area contributed by atoms with Crippen LogP contribution in [0.5, 0.6) is 0 Å². The van der Waals surface area contributed by atoms with Gasteiger partial charge in [-0.05, 0) is 38.5 Å². The van der Waals surface area contributed by atoms with E-state index in [1.54, 1.807) is 20.8 Å². The van der Waals surface area contributed by atoms with E-state index in [2.05, 4.69) is 20.8 Å². The zero-order valence-electron chi connectivity index (χ0n) is 25.6. The molecule has 0 aliphatic carbocycles. The molecule has 0 spiro atoms. The van der Waals surface area contributed by atoms with Crippen molar-refractivity contribution >= 4 is 17.9 Å². The molecule has 0 heterocycles. The maximum atomic E-state index is 10.7. The van der Waals surface area contributed by atoms with Crippen molar-refractivity contribution in [3.63, 3.8) is 0 Å². The van der Waals surface area contributed by atoms with E-state index in [1.165, 1.54) is 0 Å². The average molecular weight is 655 g/mol. The minimum atomic E-state index is -0.902. The van der Waals surface area contributed by atoms with E-state index in [1.807, 2.05) is 20.8 Å². The van der Waals surface area contributed by atoms with Crippen molar-refractivity contribution in [2.45, 2.75) is 159 Å². The second kappa shape index (κ2) is 24.8. The summed E-state index contributed by atoms with van der Waals surface area (Å²) in [6, 6.07) is 0. The molecule has 3 atom stereocenters. The number of carbonyl (C=O) groups excluding carboxylic acids is 3. The predicted octanol–water partition coefficient (Wildman–Crippen LogP) is 5.20. The van der Waals surface area contributed by atoms with Gasteiger partial charge in [0.05, 0.1) is 0 Å². The Bertz CT molecular complexity index is 516. The van der Waals surface area contributed by atoms with Crippen LogP contribution >= 0.6 is 0 Å². The molecule has 0 rings (SSSR count). The first-order chi connectivity index (χ1) is 16.7. The summed E-state index contributed by atoms with van der Waals surface area (Å²) in [5.41, 5.74) is -1.81. The second-order valence-electron chi connectivity index (χ2n) is 11.0. The van der Waals surface area contributed by atoms with Gasteiger partial charge in [0.1, 0.15) is 0 Å². The Kier molecular flexibility index (Phi) is 29.4. The maximum absolute atomic E-state index is 10.7. The molecule has 0 aromatic heterocycles. The Labute approximate surface area is 262 Å². The standard InChI is InChI=1S/3C10H20O2.Pr/c3*1-4-6-7-8-10(3,5-2)9(11)12;/h3*4-8H2,1-3H3,(H,11,12);/q;;;+3/p-3. The van der Waals surface area contributed by atoms with Crippen LogP contribution in [0.25, 0.3) is 0 Å². The number of rotatable bonds is 18. The summed E-state index contributed by atoms with van der Waals surface area (Å²) >= 11 is 0. The molecule has 0 bridgehead atoms. The van der Waals surface area contributed by atoms with E-state index >= 15 is 0 Å². The molecule has 0 radical (unpaired) electrons. The maximum Gasteiger partial charge on any atom is 3.00 e. The molecular weight excluding hydrogens is 597 g/mol. The van der Waals surface area contributed by atoms with Gasteiger partial charge in [-0.1, -0.05) is 120 Å². The third-order valence-corrected chi connectivity index (χ3v) is 7.82. The van der Waals surface area contributed by atoms with Crippen LogP contribution in [0.4, 0.5) is 0 Å². The van der Waals surface area contributed by atoms with Crippen LogP contribution < -0.4 is 15.3 Å². The Morgan fingerprint density at radius 3 is 0.757 bits per heavy atom. The molecule has 6 nitrogen and oxygen atoms in total. The summed E-state index contributed by atoms with van der Waals surface area (Å²) in [4.78, 5) is 32.2. The smallest absolute Gasteiger partial charge is 0.550 e. The summed E-state index contributed by atoms with van der Waals surface area (Å²) < 4.78 is 0. The number of carboxylic acid groups (broad SMARTS) is 3. The van der Waals surface area contributed by atoms with Gasteiger partial charge < -0.3 is 29.7 Å². The molecule has 0 saturated heterocycles. The summed E-state index contributed by atoms with van der Waals surface area (Å²) in [6.45, 7) is 17.4. The van der Waals surface area contributed by atoms with Crippen molar-refractivity contribution in [1.29, 1.82) is 0 Å². The number of carboxylic acids is 3. The first-order valence-electron chi connectivity index (χ1n) is 14.3. The Hall–Kier alpha value is -0.226. The van der Waals surface area contributed by atoms with Crippen LogP contribution in [-0.4, -0.2) is 17.9 Å². The van der Waals surface area contributed by atoms with Crippen molar-refractivity contribution in [1.82, 2.24) is 0 Å². The van der Waals surface area contributed by atoms with Crippen molar-refractivity contribution in [3.05, 3.63) is 0 Å². The van der Waals surface area contributed by atoms with Crippen molar-refractivity contribution in [2.24, 2.45) is 16.2 Å². The number of aliphatic carboxylic acids is 3. The van der Waals surface area contributed by atoms with Crippen LogP contribution in [0.1, 0.15) is 159 Å². The van der Waals surface area contributed by atoms with Gasteiger partial charge in [-0.25, -0.2) is 0 Å². The molecule has 216 valence electrons. The number of unbranched alkanes of at least 4 members (excludes halogenated alkanes) is 6. The fraction of sp³-hybridized carbons (Fsp3) is 0.900. The average Bonchev–Trinajstić information content (AvgIpc) is 2.84. The molecule has 0 saturated carbocycles. The van der Waals surface area contributed by atoms with Crippen molar-refractivity contribution in [2.75, 3.05) is 0 Å². The minimum absolute atomic E-state index is 0. The molecule has 0 aromatic rings. The number of carbonyl (C=O) groups is 3. The van der Waals surface area contributed by atoms with Gasteiger partial charge in [0.25, 0.3) is 0 Å². The van der Waals surface area contributed by atoms with Gasteiger partial charge in [0, 0.05) is 34.2 Å². The molecule has 0 aliphatic rings. The first kappa shape index (κ1) is 43.8. The Morgan fingerprint density at radius 2 is 0.649 bits per heavy atom. The van der Waals surface area contributed by atoms with E-state index in [0.29, 0.717) is 19.3 Å². The van der Waals surface area contributed by atoms with Gasteiger partial charge in [-0.2, -0.15) is 0 Å². The monoisotopic (exact) mass is 654 g/mol. The van der Waals surface area contributed by atoms with E-state index in [9.17, 15) is 29.7 Å². The van der Waals surface area contributed by atoms with Crippen molar-refractivity contribution < 1.29 is 71.0 Å². The van der Waals surface area contributed by atoms with Gasteiger partial charge >= 0.3 is 41.3 Å². The molecule has 0 fully saturated rings. The zero-order chi connectivity index (χ0) is 28.8. The molecule has 0 aliphatic heterocycles. The number of hydrogen-bond donors (Lipinski definition) is 0. The minimum Gasteiger partial charge on any atom is -0.550 e. The summed E-state index contributed by atoms with van der Waals surface area (Å²) in [5.74, 6) is -2.71. The van der Waals surface area contributed by atoms with Crippen LogP contribution in [0, 0.1) is 57.5 Å². The summed E-state index contributed by atoms with van der Waals surface area (Å²) in [6.07, 6.45) is 14.0. The first-order valence-corrected chi connectivity index (χ1v) is 14.3. The summed E-state index contributed by atoms with van der Waals surface area (Å²) in [5, 5.41) is 32.2. The van der Waals surface area contributed by atoms with Gasteiger partial charge in [0.2, 0.25) is 0 Å². The SMILES string of the molecule is CCCCCC(C)(CC)C(=O)[O-].CCCCCC(C)(CC)C(=O)[O-].CCCCCC(C)(CC)C(=O)[O-].[Pr+3]. The topological polar surface area (TPSA) is 120 Å². The Balaban J connectivity index is -0.000000218. The fourth-order valence-electron chi connectivity index (χ4n) is 3.57. The van der Waals surface area contributed by atoms with Crippen LogP contribution in [0.15, 0.2) is 0 Å². The van der Waals surface area contributed by atoms with E-state index in [0.717, 1.165) is 77.0 Å². The van der Waals surface area contributed by atoms with Crippen LogP contribution in [-0.2, 0) is 14.4 Å². The Morgan fingerprint density at radius 1 is 0.459 bits per heavy atom. The largest absolute Gasteiger partial charge is 3.00 e. The molecular formula is C30H57O6Pr. The second-order valence-corrected chi connectivity index (χ2v) is 11.0. The molecule has 7 heteroatoms. The quantitative estimate of drug-likeness (QED) is 0.188. The third kappa shape index (κ3) is 20.4. The fourth-order valence-corrected chi connectivity index (χ4v) is 3.57. The van der Waals surface area contributed by atoms with Crippen LogP contribution in [0.3, 0.4) is 0 Å². The van der Waals surface area contributed by atoms with Gasteiger partial charge in [-0.15, -0.1) is 0 Å². The summed E-state index contributed by atoms with van der Waals surface area (Å²) in [7, 11) is 0. The molecule has 0 N–H and O–H groups in total. The molecule has 37 heavy (non-hydrogen) atoms. The zero-order valence-corrected chi connectivity index (χ0v) is 29.3. The van der Waals surface area contributed by atoms with Gasteiger partial charge in [-0.3, -0.25) is 0 Å². The molecule has 0 aromatic carbocycles. The van der Waals surface area contributed by atoms with Crippen molar-refractivity contribution in [3.8, 4) is 0 Å². The van der Waals surface area contributed by atoms with Crippen LogP contribution in [0.2, 0.25) is 0 Å². The third-order valence-electron chi connectivity index (χ3n) is 7.82. The predicted molar refractivity (Wildman–Crippen MR) is 143 cm³/mol. The van der Waals surface area contributed by atoms with E-state index in [-0.39, 0.29) is 41.3 Å². The van der Waals surface area contributed by atoms with E-state index in [4.69, 9.17) is 0 Å². The van der Waals surface area contributed by atoms with E-state index < -0.39 is 34.2 Å².